The maximum Gasteiger partial charge on any atom is 0.204 e. The number of hydrogen-bond acceptors (Lipinski definition) is 6. The average molecular weight is 314 g/mol. The zero-order valence-corrected chi connectivity index (χ0v) is 13.1. The van der Waals surface area contributed by atoms with Crippen molar-refractivity contribution in [3.63, 3.8) is 0 Å². The van der Waals surface area contributed by atoms with Gasteiger partial charge in [0.25, 0.3) is 0 Å². The highest BCUT2D eigenvalue weighted by Gasteiger charge is 2.42. The van der Waals surface area contributed by atoms with E-state index in [9.17, 15) is 5.11 Å². The van der Waals surface area contributed by atoms with E-state index in [0.717, 1.165) is 51.1 Å². The SMILES string of the molecule is OC12CCNCC1CN(Cc1ccc(-c3nn[nH]n3)cc1)CC2. The predicted molar refractivity (Wildman–Crippen MR) is 85.4 cm³/mol. The molecule has 2 saturated heterocycles. The van der Waals surface area contributed by atoms with Gasteiger partial charge in [-0.2, -0.15) is 5.21 Å². The molecule has 4 rings (SSSR count). The zero-order chi connectivity index (χ0) is 15.7. The summed E-state index contributed by atoms with van der Waals surface area (Å²) in [6.45, 7) is 4.68. The number of tetrazole rings is 1. The molecule has 23 heavy (non-hydrogen) atoms. The Hall–Kier alpha value is -1.83. The Morgan fingerprint density at radius 2 is 2.13 bits per heavy atom. The zero-order valence-electron chi connectivity index (χ0n) is 13.1. The van der Waals surface area contributed by atoms with Crippen LogP contribution < -0.4 is 5.32 Å². The van der Waals surface area contributed by atoms with Crippen LogP contribution >= 0.6 is 0 Å². The maximum absolute atomic E-state index is 10.7. The molecule has 2 aromatic rings. The number of aliphatic hydroxyl groups is 1. The average Bonchev–Trinajstić information content (AvgIpc) is 3.10. The number of hydrogen-bond donors (Lipinski definition) is 3. The van der Waals surface area contributed by atoms with Gasteiger partial charge in [-0.25, -0.2) is 0 Å². The predicted octanol–water partition coefficient (Wildman–Crippen LogP) is 0.413. The number of fused-ring (bicyclic) bond motifs is 1. The Morgan fingerprint density at radius 3 is 2.91 bits per heavy atom. The van der Waals surface area contributed by atoms with Crippen molar-refractivity contribution in [3.05, 3.63) is 29.8 Å². The molecule has 0 radical (unpaired) electrons. The lowest BCUT2D eigenvalue weighted by atomic mass is 9.76. The summed E-state index contributed by atoms with van der Waals surface area (Å²) in [6, 6.07) is 8.29. The lowest BCUT2D eigenvalue weighted by Gasteiger charge is -2.47. The van der Waals surface area contributed by atoms with Crippen LogP contribution in [0.3, 0.4) is 0 Å². The van der Waals surface area contributed by atoms with E-state index >= 15 is 0 Å². The summed E-state index contributed by atoms with van der Waals surface area (Å²) in [4.78, 5) is 2.44. The first-order valence-corrected chi connectivity index (χ1v) is 8.21. The molecule has 2 aliphatic rings. The number of rotatable bonds is 3. The molecule has 1 aromatic heterocycles. The Kier molecular flexibility index (Phi) is 3.84. The normalized spacial score (nSPS) is 28.5. The maximum atomic E-state index is 10.7. The van der Waals surface area contributed by atoms with Crippen LogP contribution in [0, 0.1) is 5.92 Å². The highest BCUT2D eigenvalue weighted by atomic mass is 16.3. The van der Waals surface area contributed by atoms with Crippen molar-refractivity contribution in [2.24, 2.45) is 5.92 Å². The third-order valence-corrected chi connectivity index (χ3v) is 5.19. The summed E-state index contributed by atoms with van der Waals surface area (Å²) in [7, 11) is 0. The number of likely N-dealkylation sites (tertiary alicyclic amines) is 1. The van der Waals surface area contributed by atoms with Crippen LogP contribution in [0.15, 0.2) is 24.3 Å². The lowest BCUT2D eigenvalue weighted by Crippen LogP contribution is -2.58. The fourth-order valence-electron chi connectivity index (χ4n) is 3.74. The summed E-state index contributed by atoms with van der Waals surface area (Å²) in [5.41, 5.74) is 1.78. The highest BCUT2D eigenvalue weighted by Crippen LogP contribution is 2.33. The number of benzene rings is 1. The van der Waals surface area contributed by atoms with Gasteiger partial charge in [0.05, 0.1) is 5.60 Å². The van der Waals surface area contributed by atoms with Gasteiger partial charge in [-0.1, -0.05) is 24.3 Å². The van der Waals surface area contributed by atoms with Crippen LogP contribution in [-0.2, 0) is 6.54 Å². The summed E-state index contributed by atoms with van der Waals surface area (Å²) in [5, 5.41) is 28.2. The molecule has 7 nitrogen and oxygen atoms in total. The molecule has 3 N–H and O–H groups in total. The van der Waals surface area contributed by atoms with Crippen molar-refractivity contribution in [1.29, 1.82) is 0 Å². The molecule has 7 heteroatoms. The van der Waals surface area contributed by atoms with Gasteiger partial charge < -0.3 is 10.4 Å². The quantitative estimate of drug-likeness (QED) is 0.760. The number of aromatic nitrogens is 4. The van der Waals surface area contributed by atoms with E-state index in [1.54, 1.807) is 0 Å². The van der Waals surface area contributed by atoms with Gasteiger partial charge in [0, 0.05) is 37.7 Å². The van der Waals surface area contributed by atoms with E-state index in [-0.39, 0.29) is 0 Å². The molecule has 0 aliphatic carbocycles. The van der Waals surface area contributed by atoms with Crippen LogP contribution in [0.25, 0.3) is 11.4 Å². The van der Waals surface area contributed by atoms with E-state index < -0.39 is 5.60 Å². The van der Waals surface area contributed by atoms with Gasteiger partial charge in [-0.15, -0.1) is 10.2 Å². The Morgan fingerprint density at radius 1 is 1.26 bits per heavy atom. The summed E-state index contributed by atoms with van der Waals surface area (Å²) < 4.78 is 0. The van der Waals surface area contributed by atoms with Crippen molar-refractivity contribution < 1.29 is 5.11 Å². The molecule has 0 saturated carbocycles. The van der Waals surface area contributed by atoms with Crippen LogP contribution in [0.4, 0.5) is 0 Å². The molecule has 0 bridgehead atoms. The van der Waals surface area contributed by atoms with E-state index in [0.29, 0.717) is 11.7 Å². The monoisotopic (exact) mass is 314 g/mol. The third-order valence-electron chi connectivity index (χ3n) is 5.19. The number of piperidine rings is 2. The topological polar surface area (TPSA) is 90.0 Å². The molecule has 122 valence electrons. The third kappa shape index (κ3) is 2.99. The van der Waals surface area contributed by atoms with Crippen molar-refractivity contribution in [3.8, 4) is 11.4 Å². The highest BCUT2D eigenvalue weighted by molar-refractivity contribution is 5.54. The summed E-state index contributed by atoms with van der Waals surface area (Å²) in [6.07, 6.45) is 1.76. The van der Waals surface area contributed by atoms with Gasteiger partial charge in [-0.05, 0) is 30.2 Å². The van der Waals surface area contributed by atoms with Crippen LogP contribution in [0.1, 0.15) is 18.4 Å². The van der Waals surface area contributed by atoms with Crippen molar-refractivity contribution >= 4 is 0 Å². The van der Waals surface area contributed by atoms with E-state index in [4.69, 9.17) is 0 Å². The number of nitrogens with zero attached hydrogens (tertiary/aromatic N) is 4. The minimum absolute atomic E-state index is 0.337. The Balaban J connectivity index is 1.40. The largest absolute Gasteiger partial charge is 0.389 e. The molecule has 0 amide bonds. The van der Waals surface area contributed by atoms with Gasteiger partial charge in [0.15, 0.2) is 0 Å². The number of aromatic amines is 1. The van der Waals surface area contributed by atoms with Gasteiger partial charge >= 0.3 is 0 Å². The first-order chi connectivity index (χ1) is 11.2. The smallest absolute Gasteiger partial charge is 0.204 e. The Labute approximate surface area is 135 Å². The van der Waals surface area contributed by atoms with Gasteiger partial charge in [0.2, 0.25) is 5.82 Å². The molecule has 2 unspecified atom stereocenters. The van der Waals surface area contributed by atoms with E-state index in [1.165, 1.54) is 5.56 Å². The summed E-state index contributed by atoms with van der Waals surface area (Å²) in [5.74, 6) is 0.955. The first-order valence-electron chi connectivity index (χ1n) is 8.21. The Bertz CT molecular complexity index is 643. The summed E-state index contributed by atoms with van der Waals surface area (Å²) >= 11 is 0. The molecule has 2 aliphatic heterocycles. The molecule has 0 spiro atoms. The second-order valence-electron chi connectivity index (χ2n) is 6.67. The standard InChI is InChI=1S/C16H22N6O/c23-16-5-7-17-9-14(16)11-22(8-6-16)10-12-1-3-13(4-2-12)15-18-20-21-19-15/h1-4,14,17,23H,5-11H2,(H,18,19,20,21). The molecule has 2 fully saturated rings. The van der Waals surface area contributed by atoms with Gasteiger partial charge in [0.1, 0.15) is 0 Å². The van der Waals surface area contributed by atoms with Crippen LogP contribution in [0.2, 0.25) is 0 Å². The first kappa shape index (κ1) is 14.7. The minimum atomic E-state index is -0.454. The van der Waals surface area contributed by atoms with Crippen LogP contribution in [-0.4, -0.2) is 62.4 Å². The second-order valence-corrected chi connectivity index (χ2v) is 6.67. The van der Waals surface area contributed by atoms with Crippen molar-refractivity contribution in [2.45, 2.75) is 25.0 Å². The number of nitrogens with one attached hydrogen (secondary N) is 2. The molecule has 1 aromatic carbocycles. The molecule has 3 heterocycles. The van der Waals surface area contributed by atoms with E-state index in [2.05, 4.69) is 43.0 Å². The number of H-pyrrole nitrogens is 1. The van der Waals surface area contributed by atoms with Crippen LogP contribution in [0.5, 0.6) is 0 Å². The van der Waals surface area contributed by atoms with Crippen molar-refractivity contribution in [2.75, 3.05) is 26.2 Å². The van der Waals surface area contributed by atoms with E-state index in [1.807, 2.05) is 12.1 Å². The molecular formula is C16H22N6O. The van der Waals surface area contributed by atoms with Crippen molar-refractivity contribution in [1.82, 2.24) is 30.8 Å². The lowest BCUT2D eigenvalue weighted by molar-refractivity contribution is -0.0899. The molecular weight excluding hydrogens is 292 g/mol. The van der Waals surface area contributed by atoms with Gasteiger partial charge in [-0.3, -0.25) is 4.90 Å². The second kappa shape index (κ2) is 5.99. The fraction of sp³-hybridized carbons (Fsp3) is 0.562. The molecule has 2 atom stereocenters. The fourth-order valence-corrected chi connectivity index (χ4v) is 3.74. The minimum Gasteiger partial charge on any atom is -0.389 e.